The van der Waals surface area contributed by atoms with E-state index in [2.05, 4.69) is 4.98 Å². The van der Waals surface area contributed by atoms with Crippen molar-refractivity contribution in [3.05, 3.63) is 40.1 Å². The molecule has 0 spiro atoms. The summed E-state index contributed by atoms with van der Waals surface area (Å²) in [5.41, 5.74) is 7.40. The van der Waals surface area contributed by atoms with Crippen LogP contribution in [-0.2, 0) is 0 Å². The molecule has 1 heterocycles. The SMILES string of the molecule is Cc1ccc2ncc([N+](=O)[O-])c(N)c2c1. The van der Waals surface area contributed by atoms with Gasteiger partial charge >= 0.3 is 5.69 Å². The molecular formula is C10H9N3O2. The van der Waals surface area contributed by atoms with E-state index in [-0.39, 0.29) is 11.4 Å². The Kier molecular flexibility index (Phi) is 2.00. The van der Waals surface area contributed by atoms with Crippen LogP contribution in [0.3, 0.4) is 0 Å². The van der Waals surface area contributed by atoms with Gasteiger partial charge in [0.05, 0.1) is 10.4 Å². The van der Waals surface area contributed by atoms with E-state index in [0.717, 1.165) is 5.56 Å². The number of nitrogens with two attached hydrogens (primary N) is 1. The number of nitro groups is 1. The lowest BCUT2D eigenvalue weighted by molar-refractivity contribution is -0.384. The highest BCUT2D eigenvalue weighted by molar-refractivity contribution is 5.94. The Morgan fingerprint density at radius 2 is 2.20 bits per heavy atom. The lowest BCUT2D eigenvalue weighted by atomic mass is 10.1. The van der Waals surface area contributed by atoms with Crippen molar-refractivity contribution >= 4 is 22.3 Å². The van der Waals surface area contributed by atoms with Crippen LogP contribution in [0.2, 0.25) is 0 Å². The number of aromatic nitrogens is 1. The normalized spacial score (nSPS) is 10.5. The van der Waals surface area contributed by atoms with Crippen LogP contribution in [0.15, 0.2) is 24.4 Å². The maximum atomic E-state index is 10.6. The van der Waals surface area contributed by atoms with E-state index in [9.17, 15) is 10.1 Å². The van der Waals surface area contributed by atoms with Crippen LogP contribution in [0.4, 0.5) is 11.4 Å². The van der Waals surface area contributed by atoms with Crippen LogP contribution in [0.25, 0.3) is 10.9 Å². The zero-order valence-electron chi connectivity index (χ0n) is 8.10. The Hall–Kier alpha value is -2.17. The second kappa shape index (κ2) is 3.20. The van der Waals surface area contributed by atoms with Crippen molar-refractivity contribution in [1.82, 2.24) is 4.98 Å². The number of benzene rings is 1. The second-order valence-electron chi connectivity index (χ2n) is 3.33. The summed E-state index contributed by atoms with van der Waals surface area (Å²) in [7, 11) is 0. The topological polar surface area (TPSA) is 82.0 Å². The van der Waals surface area contributed by atoms with Gasteiger partial charge in [0.1, 0.15) is 11.9 Å². The molecule has 0 atom stereocenters. The van der Waals surface area contributed by atoms with Gasteiger partial charge in [0.25, 0.3) is 0 Å². The summed E-state index contributed by atoms with van der Waals surface area (Å²) in [5, 5.41) is 11.3. The summed E-state index contributed by atoms with van der Waals surface area (Å²) in [6.07, 6.45) is 1.19. The first kappa shape index (κ1) is 9.39. The van der Waals surface area contributed by atoms with Crippen molar-refractivity contribution in [2.75, 3.05) is 5.73 Å². The number of hydrogen-bond donors (Lipinski definition) is 1. The van der Waals surface area contributed by atoms with Crippen molar-refractivity contribution in [3.63, 3.8) is 0 Å². The van der Waals surface area contributed by atoms with Gasteiger partial charge in [0, 0.05) is 5.39 Å². The summed E-state index contributed by atoms with van der Waals surface area (Å²) in [6.45, 7) is 1.90. The van der Waals surface area contributed by atoms with Gasteiger partial charge in [-0.15, -0.1) is 0 Å². The van der Waals surface area contributed by atoms with E-state index in [1.807, 2.05) is 13.0 Å². The molecule has 0 unspecified atom stereocenters. The number of hydrogen-bond acceptors (Lipinski definition) is 4. The van der Waals surface area contributed by atoms with E-state index < -0.39 is 4.92 Å². The van der Waals surface area contributed by atoms with E-state index in [4.69, 9.17) is 5.73 Å². The number of rotatable bonds is 1. The molecule has 0 aliphatic heterocycles. The molecule has 0 saturated carbocycles. The molecule has 15 heavy (non-hydrogen) atoms. The maximum Gasteiger partial charge on any atom is 0.310 e. The summed E-state index contributed by atoms with van der Waals surface area (Å²) < 4.78 is 0. The predicted octanol–water partition coefficient (Wildman–Crippen LogP) is 2.03. The standard InChI is InChI=1S/C10H9N3O2/c1-6-2-3-8-7(4-6)10(11)9(5-12-8)13(14)15/h2-5H,1H3,(H2,11,12). The third-order valence-electron chi connectivity index (χ3n) is 2.24. The summed E-state index contributed by atoms with van der Waals surface area (Å²) in [5.74, 6) is 0. The first-order valence-corrected chi connectivity index (χ1v) is 4.39. The second-order valence-corrected chi connectivity index (χ2v) is 3.33. The quantitative estimate of drug-likeness (QED) is 0.567. The first-order valence-electron chi connectivity index (χ1n) is 4.39. The molecule has 2 rings (SSSR count). The number of aryl methyl sites for hydroxylation is 1. The summed E-state index contributed by atoms with van der Waals surface area (Å²) >= 11 is 0. The Balaban J connectivity index is 2.82. The van der Waals surface area contributed by atoms with Gasteiger partial charge < -0.3 is 5.73 Å². The van der Waals surface area contributed by atoms with Crippen LogP contribution in [0.1, 0.15) is 5.56 Å². The lowest BCUT2D eigenvalue weighted by Crippen LogP contribution is -1.98. The Bertz CT molecular complexity index is 552. The highest BCUT2D eigenvalue weighted by Crippen LogP contribution is 2.28. The molecule has 2 N–H and O–H groups in total. The summed E-state index contributed by atoms with van der Waals surface area (Å²) in [4.78, 5) is 14.1. The minimum absolute atomic E-state index is 0.145. The fourth-order valence-electron chi connectivity index (χ4n) is 1.46. The van der Waals surface area contributed by atoms with Crippen LogP contribution in [0, 0.1) is 17.0 Å². The molecule has 1 aromatic heterocycles. The van der Waals surface area contributed by atoms with Gasteiger partial charge in [-0.05, 0) is 19.1 Å². The molecule has 76 valence electrons. The van der Waals surface area contributed by atoms with Crippen molar-refractivity contribution in [3.8, 4) is 0 Å². The molecule has 0 amide bonds. The number of pyridine rings is 1. The smallest absolute Gasteiger partial charge is 0.310 e. The van der Waals surface area contributed by atoms with Gasteiger partial charge in [-0.25, -0.2) is 4.98 Å². The van der Waals surface area contributed by atoms with Crippen molar-refractivity contribution < 1.29 is 4.92 Å². The van der Waals surface area contributed by atoms with Crippen LogP contribution >= 0.6 is 0 Å². The van der Waals surface area contributed by atoms with Crippen LogP contribution in [-0.4, -0.2) is 9.91 Å². The minimum atomic E-state index is -0.524. The average Bonchev–Trinajstić information content (AvgIpc) is 2.19. The van der Waals surface area contributed by atoms with Gasteiger partial charge in [-0.2, -0.15) is 0 Å². The Labute approximate surface area is 85.7 Å². The predicted molar refractivity (Wildman–Crippen MR) is 57.5 cm³/mol. The van der Waals surface area contributed by atoms with Crippen molar-refractivity contribution in [2.24, 2.45) is 0 Å². The Morgan fingerprint density at radius 1 is 1.47 bits per heavy atom. The third-order valence-corrected chi connectivity index (χ3v) is 2.24. The van der Waals surface area contributed by atoms with E-state index >= 15 is 0 Å². The molecule has 1 aromatic carbocycles. The zero-order chi connectivity index (χ0) is 11.0. The average molecular weight is 203 g/mol. The first-order chi connectivity index (χ1) is 7.09. The van der Waals surface area contributed by atoms with Gasteiger partial charge in [0.2, 0.25) is 0 Å². The highest BCUT2D eigenvalue weighted by atomic mass is 16.6. The molecule has 0 saturated heterocycles. The molecule has 0 radical (unpaired) electrons. The van der Waals surface area contributed by atoms with E-state index in [0.29, 0.717) is 10.9 Å². The third kappa shape index (κ3) is 1.48. The maximum absolute atomic E-state index is 10.6. The Morgan fingerprint density at radius 3 is 2.87 bits per heavy atom. The molecule has 0 bridgehead atoms. The molecule has 0 fully saturated rings. The molecule has 0 aliphatic carbocycles. The van der Waals surface area contributed by atoms with Crippen LogP contribution in [0.5, 0.6) is 0 Å². The number of fused-ring (bicyclic) bond motifs is 1. The number of nitrogens with zero attached hydrogens (tertiary/aromatic N) is 2. The van der Waals surface area contributed by atoms with Gasteiger partial charge in [-0.3, -0.25) is 10.1 Å². The van der Waals surface area contributed by atoms with Gasteiger partial charge in [-0.1, -0.05) is 11.6 Å². The molecular weight excluding hydrogens is 194 g/mol. The summed E-state index contributed by atoms with van der Waals surface area (Å²) in [6, 6.07) is 5.48. The van der Waals surface area contributed by atoms with Crippen LogP contribution < -0.4 is 5.73 Å². The zero-order valence-corrected chi connectivity index (χ0v) is 8.10. The largest absolute Gasteiger partial charge is 0.393 e. The minimum Gasteiger partial charge on any atom is -0.393 e. The molecule has 0 aliphatic rings. The van der Waals surface area contributed by atoms with Gasteiger partial charge in [0.15, 0.2) is 0 Å². The molecule has 5 heteroatoms. The fraction of sp³-hybridized carbons (Fsp3) is 0.100. The number of anilines is 1. The monoisotopic (exact) mass is 203 g/mol. The molecule has 2 aromatic rings. The number of nitrogen functional groups attached to an aromatic ring is 1. The van der Waals surface area contributed by atoms with Crippen molar-refractivity contribution in [1.29, 1.82) is 0 Å². The fourth-order valence-corrected chi connectivity index (χ4v) is 1.46. The molecule has 5 nitrogen and oxygen atoms in total. The van der Waals surface area contributed by atoms with Crippen molar-refractivity contribution in [2.45, 2.75) is 6.92 Å². The van der Waals surface area contributed by atoms with E-state index in [1.54, 1.807) is 12.1 Å². The highest BCUT2D eigenvalue weighted by Gasteiger charge is 2.14. The lowest BCUT2D eigenvalue weighted by Gasteiger charge is -2.02. The van der Waals surface area contributed by atoms with E-state index in [1.165, 1.54) is 6.20 Å².